The molecule has 1 atom stereocenters. The zero-order chi connectivity index (χ0) is 11.0. The first-order chi connectivity index (χ1) is 7.19. The number of rotatable bonds is 2. The maximum Gasteiger partial charge on any atom is 0.142 e. The summed E-state index contributed by atoms with van der Waals surface area (Å²) in [5, 5.41) is 0.800. The smallest absolute Gasteiger partial charge is 0.142 e. The molecule has 2 N–H and O–H groups in total. The molecule has 2 rings (SSSR count). The van der Waals surface area contributed by atoms with Crippen LogP contribution in [0.4, 0.5) is 5.69 Å². The summed E-state index contributed by atoms with van der Waals surface area (Å²) in [6.07, 6.45) is 0.901. The molecule has 15 heavy (non-hydrogen) atoms. The molecule has 0 bridgehead atoms. The lowest BCUT2D eigenvalue weighted by Crippen LogP contribution is -2.34. The van der Waals surface area contributed by atoms with E-state index in [-0.39, 0.29) is 0 Å². The molecule has 1 aromatic carbocycles. The Morgan fingerprint density at radius 2 is 2.33 bits per heavy atom. The molecule has 82 valence electrons. The molecule has 0 saturated heterocycles. The predicted molar refractivity (Wildman–Crippen MR) is 63.0 cm³/mol. The summed E-state index contributed by atoms with van der Waals surface area (Å²) in [7, 11) is 3.70. The van der Waals surface area contributed by atoms with E-state index in [9.17, 15) is 0 Å². The van der Waals surface area contributed by atoms with Gasteiger partial charge in [0, 0.05) is 24.7 Å². The van der Waals surface area contributed by atoms with Crippen molar-refractivity contribution in [3.63, 3.8) is 0 Å². The number of anilines is 1. The average molecular weight is 227 g/mol. The fourth-order valence-electron chi connectivity index (χ4n) is 2.13. The number of ether oxygens (including phenoxy) is 1. The van der Waals surface area contributed by atoms with E-state index in [0.717, 1.165) is 28.4 Å². The van der Waals surface area contributed by atoms with Gasteiger partial charge in [-0.15, -0.1) is 0 Å². The third-order valence-corrected chi connectivity index (χ3v) is 3.37. The molecule has 0 amide bonds. The molecule has 0 aromatic heterocycles. The summed E-state index contributed by atoms with van der Waals surface area (Å²) in [4.78, 5) is 2.15. The Morgan fingerprint density at radius 1 is 1.60 bits per heavy atom. The Morgan fingerprint density at radius 3 is 2.93 bits per heavy atom. The first-order valence-corrected chi connectivity index (χ1v) is 5.35. The number of hydrogen-bond acceptors (Lipinski definition) is 3. The minimum Gasteiger partial charge on any atom is -0.495 e. The Bertz CT molecular complexity index is 381. The molecule has 4 heteroatoms. The molecule has 0 fully saturated rings. The van der Waals surface area contributed by atoms with Crippen molar-refractivity contribution < 1.29 is 4.74 Å². The SMILES string of the molecule is COc1ccc(Cl)c2c1N(C)C(CN)C2. The summed E-state index contributed by atoms with van der Waals surface area (Å²) >= 11 is 6.16. The molecule has 0 saturated carbocycles. The normalized spacial score (nSPS) is 19.2. The molecule has 1 aliphatic heterocycles. The average Bonchev–Trinajstić information content (AvgIpc) is 2.58. The van der Waals surface area contributed by atoms with Crippen LogP contribution in [0.2, 0.25) is 5.02 Å². The molecule has 0 aliphatic carbocycles. The topological polar surface area (TPSA) is 38.5 Å². The summed E-state index contributed by atoms with van der Waals surface area (Å²) in [5.41, 5.74) is 7.95. The lowest BCUT2D eigenvalue weighted by Gasteiger charge is -2.22. The second-order valence-corrected chi connectivity index (χ2v) is 4.19. The van der Waals surface area contributed by atoms with Gasteiger partial charge in [-0.25, -0.2) is 0 Å². The lowest BCUT2D eigenvalue weighted by molar-refractivity contribution is 0.415. The van der Waals surface area contributed by atoms with Crippen molar-refractivity contribution in [2.45, 2.75) is 12.5 Å². The molecule has 3 nitrogen and oxygen atoms in total. The zero-order valence-electron chi connectivity index (χ0n) is 8.96. The molecule has 1 aliphatic rings. The van der Waals surface area contributed by atoms with Gasteiger partial charge in [0.2, 0.25) is 0 Å². The summed E-state index contributed by atoms with van der Waals surface area (Å²) in [5.74, 6) is 0.868. The Kier molecular flexibility index (Phi) is 2.76. The number of hydrogen-bond donors (Lipinski definition) is 1. The van der Waals surface area contributed by atoms with Crippen LogP contribution in [0.25, 0.3) is 0 Å². The van der Waals surface area contributed by atoms with Crippen molar-refractivity contribution in [1.82, 2.24) is 0 Å². The summed E-state index contributed by atoms with van der Waals surface area (Å²) in [6.45, 7) is 0.630. The number of nitrogens with two attached hydrogens (primary N) is 1. The van der Waals surface area contributed by atoms with Crippen molar-refractivity contribution >= 4 is 17.3 Å². The van der Waals surface area contributed by atoms with Crippen molar-refractivity contribution in [2.24, 2.45) is 5.73 Å². The minimum absolute atomic E-state index is 0.328. The van der Waals surface area contributed by atoms with E-state index in [1.54, 1.807) is 7.11 Å². The molecule has 0 spiro atoms. The zero-order valence-corrected chi connectivity index (χ0v) is 9.71. The van der Waals surface area contributed by atoms with Gasteiger partial charge in [-0.2, -0.15) is 0 Å². The maximum absolute atomic E-state index is 6.16. The van der Waals surface area contributed by atoms with E-state index < -0.39 is 0 Å². The van der Waals surface area contributed by atoms with Gasteiger partial charge in [-0.3, -0.25) is 0 Å². The molecule has 0 radical (unpaired) electrons. The van der Waals surface area contributed by atoms with Crippen LogP contribution in [0, 0.1) is 0 Å². The monoisotopic (exact) mass is 226 g/mol. The van der Waals surface area contributed by atoms with Gasteiger partial charge in [0.05, 0.1) is 12.8 Å². The van der Waals surface area contributed by atoms with Crippen molar-refractivity contribution in [3.8, 4) is 5.75 Å². The van der Waals surface area contributed by atoms with Crippen molar-refractivity contribution in [1.29, 1.82) is 0 Å². The van der Waals surface area contributed by atoms with E-state index in [1.807, 2.05) is 19.2 Å². The van der Waals surface area contributed by atoms with Crippen LogP contribution in [0.15, 0.2) is 12.1 Å². The van der Waals surface area contributed by atoms with Gasteiger partial charge < -0.3 is 15.4 Å². The number of halogens is 1. The third kappa shape index (κ3) is 1.56. The Balaban J connectivity index is 2.51. The quantitative estimate of drug-likeness (QED) is 0.834. The second kappa shape index (κ2) is 3.91. The number of benzene rings is 1. The standard InChI is InChI=1S/C11H15ClN2O/c1-14-7(6-13)5-8-9(12)3-4-10(15-2)11(8)14/h3-4,7H,5-6,13H2,1-2H3. The van der Waals surface area contributed by atoms with E-state index in [4.69, 9.17) is 22.1 Å². The number of fused-ring (bicyclic) bond motifs is 1. The van der Waals surface area contributed by atoms with Gasteiger partial charge in [0.25, 0.3) is 0 Å². The molecule has 1 unspecified atom stereocenters. The van der Waals surface area contributed by atoms with E-state index in [2.05, 4.69) is 4.90 Å². The van der Waals surface area contributed by atoms with Crippen LogP contribution in [0.1, 0.15) is 5.56 Å². The van der Waals surface area contributed by atoms with Gasteiger partial charge in [0.15, 0.2) is 0 Å². The fourth-order valence-corrected chi connectivity index (χ4v) is 2.36. The lowest BCUT2D eigenvalue weighted by atomic mass is 10.1. The highest BCUT2D eigenvalue weighted by molar-refractivity contribution is 6.32. The number of methoxy groups -OCH3 is 1. The third-order valence-electron chi connectivity index (χ3n) is 3.02. The summed E-state index contributed by atoms with van der Waals surface area (Å²) in [6, 6.07) is 4.11. The highest BCUT2D eigenvalue weighted by atomic mass is 35.5. The van der Waals surface area contributed by atoms with Crippen LogP contribution in [-0.4, -0.2) is 26.7 Å². The van der Waals surface area contributed by atoms with Crippen LogP contribution < -0.4 is 15.4 Å². The molecule has 1 heterocycles. The largest absolute Gasteiger partial charge is 0.495 e. The maximum atomic E-state index is 6.16. The van der Waals surface area contributed by atoms with Crippen molar-refractivity contribution in [3.05, 3.63) is 22.7 Å². The van der Waals surface area contributed by atoms with Gasteiger partial charge in [-0.1, -0.05) is 11.6 Å². The first-order valence-electron chi connectivity index (χ1n) is 4.97. The van der Waals surface area contributed by atoms with Gasteiger partial charge >= 0.3 is 0 Å². The summed E-state index contributed by atoms with van der Waals surface area (Å²) < 4.78 is 5.33. The Labute approximate surface area is 94.8 Å². The van der Waals surface area contributed by atoms with E-state index in [1.165, 1.54) is 0 Å². The Hall–Kier alpha value is -0.930. The van der Waals surface area contributed by atoms with Crippen LogP contribution in [0.5, 0.6) is 5.75 Å². The minimum atomic E-state index is 0.328. The number of nitrogens with zero attached hydrogens (tertiary/aromatic N) is 1. The van der Waals surface area contributed by atoms with E-state index >= 15 is 0 Å². The fraction of sp³-hybridized carbons (Fsp3) is 0.455. The predicted octanol–water partition coefficient (Wildman–Crippen LogP) is 1.67. The molecule has 1 aromatic rings. The van der Waals surface area contributed by atoms with Gasteiger partial charge in [-0.05, 0) is 24.1 Å². The van der Waals surface area contributed by atoms with Crippen LogP contribution >= 0.6 is 11.6 Å². The van der Waals surface area contributed by atoms with Crippen LogP contribution in [0.3, 0.4) is 0 Å². The highest BCUT2D eigenvalue weighted by Gasteiger charge is 2.30. The van der Waals surface area contributed by atoms with Gasteiger partial charge in [0.1, 0.15) is 5.75 Å². The molecular weight excluding hydrogens is 212 g/mol. The second-order valence-electron chi connectivity index (χ2n) is 3.78. The number of likely N-dealkylation sites (N-methyl/N-ethyl adjacent to an activating group) is 1. The van der Waals surface area contributed by atoms with Crippen LogP contribution in [-0.2, 0) is 6.42 Å². The van der Waals surface area contributed by atoms with Crippen molar-refractivity contribution in [2.75, 3.05) is 25.6 Å². The highest BCUT2D eigenvalue weighted by Crippen LogP contribution is 2.42. The first kappa shape index (κ1) is 10.6. The molecular formula is C11H15ClN2O. The van der Waals surface area contributed by atoms with E-state index in [0.29, 0.717) is 12.6 Å².